The third kappa shape index (κ3) is 5.85. The molecule has 9 heteroatoms. The standard InChI is InChI=1S/C7H9BrN2O2.C7H10N2O2/c1-3-12-6(11)5-4-10(2)7(8)9-5;1-3-11-7(10)6-4-9(2)5-8-6/h4H,3H2,1-2H3;4-5H,3H2,1-2H3. The van der Waals surface area contributed by atoms with Gasteiger partial charge >= 0.3 is 11.9 Å². The molecule has 2 rings (SSSR count). The Bertz CT molecular complexity index is 646. The lowest BCUT2D eigenvalue weighted by molar-refractivity contribution is 0.0510. The average Bonchev–Trinajstić information content (AvgIpc) is 3.07. The summed E-state index contributed by atoms with van der Waals surface area (Å²) in [7, 11) is 3.59. The van der Waals surface area contributed by atoms with Gasteiger partial charge in [-0.25, -0.2) is 19.6 Å². The maximum Gasteiger partial charge on any atom is 0.358 e. The van der Waals surface area contributed by atoms with Gasteiger partial charge in [-0.1, -0.05) is 0 Å². The van der Waals surface area contributed by atoms with Gasteiger partial charge < -0.3 is 18.6 Å². The molecule has 0 aliphatic heterocycles. The van der Waals surface area contributed by atoms with Gasteiger partial charge in [-0.3, -0.25) is 0 Å². The number of ether oxygens (including phenoxy) is 2. The average molecular weight is 387 g/mol. The lowest BCUT2D eigenvalue weighted by Gasteiger charge is -1.95. The molecule has 0 radical (unpaired) electrons. The van der Waals surface area contributed by atoms with Crippen LogP contribution in [0.4, 0.5) is 0 Å². The first kappa shape index (κ1) is 18.9. The van der Waals surface area contributed by atoms with Gasteiger partial charge in [0, 0.05) is 26.5 Å². The highest BCUT2D eigenvalue weighted by atomic mass is 79.9. The number of esters is 2. The Morgan fingerprint density at radius 3 is 2.04 bits per heavy atom. The molecule has 126 valence electrons. The molecule has 2 aromatic rings. The second-order valence-electron chi connectivity index (χ2n) is 4.37. The molecule has 23 heavy (non-hydrogen) atoms. The highest BCUT2D eigenvalue weighted by Gasteiger charge is 2.11. The summed E-state index contributed by atoms with van der Waals surface area (Å²) in [5, 5.41) is 0. The lowest BCUT2D eigenvalue weighted by Crippen LogP contribution is -2.04. The van der Waals surface area contributed by atoms with Crippen LogP contribution in [0.25, 0.3) is 0 Å². The lowest BCUT2D eigenvalue weighted by atomic mass is 10.5. The molecule has 0 saturated heterocycles. The molecular formula is C14H19BrN4O4. The van der Waals surface area contributed by atoms with E-state index in [1.165, 1.54) is 0 Å². The molecule has 0 aliphatic rings. The van der Waals surface area contributed by atoms with Gasteiger partial charge in [-0.2, -0.15) is 0 Å². The molecule has 0 atom stereocenters. The monoisotopic (exact) mass is 386 g/mol. The molecule has 2 aromatic heterocycles. The predicted molar refractivity (Wildman–Crippen MR) is 86.0 cm³/mol. The number of imidazole rings is 2. The van der Waals surface area contributed by atoms with Crippen LogP contribution in [0.15, 0.2) is 23.5 Å². The number of carbonyl (C=O) groups is 2. The zero-order valence-electron chi connectivity index (χ0n) is 13.4. The van der Waals surface area contributed by atoms with Crippen molar-refractivity contribution in [2.24, 2.45) is 14.1 Å². The molecular weight excluding hydrogens is 368 g/mol. The van der Waals surface area contributed by atoms with Crippen LogP contribution in [-0.2, 0) is 23.6 Å². The fraction of sp³-hybridized carbons (Fsp3) is 0.429. The van der Waals surface area contributed by atoms with Crippen LogP contribution in [0.1, 0.15) is 34.8 Å². The Morgan fingerprint density at radius 1 is 1.09 bits per heavy atom. The van der Waals surface area contributed by atoms with E-state index in [1.807, 2.05) is 0 Å². The Morgan fingerprint density at radius 2 is 1.65 bits per heavy atom. The van der Waals surface area contributed by atoms with Gasteiger partial charge in [-0.05, 0) is 29.8 Å². The van der Waals surface area contributed by atoms with E-state index in [4.69, 9.17) is 9.47 Å². The Balaban J connectivity index is 0.000000231. The van der Waals surface area contributed by atoms with Gasteiger partial charge in [0.05, 0.1) is 19.5 Å². The van der Waals surface area contributed by atoms with Crippen molar-refractivity contribution >= 4 is 27.9 Å². The third-order valence-corrected chi connectivity index (χ3v) is 3.23. The van der Waals surface area contributed by atoms with Gasteiger partial charge in [-0.15, -0.1) is 0 Å². The van der Waals surface area contributed by atoms with Crippen molar-refractivity contribution in [3.63, 3.8) is 0 Å². The number of rotatable bonds is 4. The highest BCUT2D eigenvalue weighted by molar-refractivity contribution is 9.10. The second kappa shape index (κ2) is 9.09. The summed E-state index contributed by atoms with van der Waals surface area (Å²) in [6.07, 6.45) is 4.80. The minimum atomic E-state index is -0.390. The van der Waals surface area contributed by atoms with E-state index in [9.17, 15) is 9.59 Å². The minimum Gasteiger partial charge on any atom is -0.461 e. The SMILES string of the molecule is CCOC(=O)c1cn(C)c(Br)n1.CCOC(=O)c1cn(C)cn1. The summed E-state index contributed by atoms with van der Waals surface area (Å²) >= 11 is 3.18. The van der Waals surface area contributed by atoms with Crippen molar-refractivity contribution in [2.75, 3.05) is 13.2 Å². The summed E-state index contributed by atoms with van der Waals surface area (Å²) in [5.74, 6) is -0.757. The summed E-state index contributed by atoms with van der Waals surface area (Å²) in [6.45, 7) is 4.28. The van der Waals surface area contributed by atoms with Crippen molar-refractivity contribution in [3.05, 3.63) is 34.8 Å². The van der Waals surface area contributed by atoms with E-state index >= 15 is 0 Å². The number of aryl methyl sites for hydroxylation is 2. The van der Waals surface area contributed by atoms with Crippen LogP contribution in [0.5, 0.6) is 0 Å². The molecule has 2 heterocycles. The maximum absolute atomic E-state index is 11.1. The molecule has 0 aliphatic carbocycles. The quantitative estimate of drug-likeness (QED) is 0.746. The van der Waals surface area contributed by atoms with Crippen LogP contribution in [-0.4, -0.2) is 44.3 Å². The maximum atomic E-state index is 11.1. The van der Waals surface area contributed by atoms with E-state index in [-0.39, 0.29) is 11.9 Å². The summed E-state index contributed by atoms with van der Waals surface area (Å²) in [6, 6.07) is 0. The van der Waals surface area contributed by atoms with Crippen LogP contribution in [0, 0.1) is 0 Å². The Labute approximate surface area is 142 Å². The van der Waals surface area contributed by atoms with Crippen LogP contribution >= 0.6 is 15.9 Å². The van der Waals surface area contributed by atoms with E-state index in [0.717, 1.165) is 0 Å². The van der Waals surface area contributed by atoms with Crippen LogP contribution in [0.2, 0.25) is 0 Å². The molecule has 8 nitrogen and oxygen atoms in total. The Hall–Kier alpha value is -2.16. The fourth-order valence-corrected chi connectivity index (χ4v) is 1.76. The largest absolute Gasteiger partial charge is 0.461 e. The third-order valence-electron chi connectivity index (χ3n) is 2.49. The van der Waals surface area contributed by atoms with Crippen molar-refractivity contribution in [1.82, 2.24) is 19.1 Å². The summed E-state index contributed by atoms with van der Waals surface area (Å²) in [5.41, 5.74) is 0.681. The summed E-state index contributed by atoms with van der Waals surface area (Å²) in [4.78, 5) is 29.8. The second-order valence-corrected chi connectivity index (χ2v) is 5.08. The normalized spacial score (nSPS) is 9.78. The number of hydrogen-bond donors (Lipinski definition) is 0. The minimum absolute atomic E-state index is 0.325. The molecule has 0 bridgehead atoms. The topological polar surface area (TPSA) is 88.2 Å². The first-order chi connectivity index (χ1) is 10.9. The number of carbonyl (C=O) groups excluding carboxylic acids is 2. The molecule has 0 saturated carbocycles. The van der Waals surface area contributed by atoms with E-state index in [2.05, 4.69) is 25.9 Å². The van der Waals surface area contributed by atoms with Crippen molar-refractivity contribution in [1.29, 1.82) is 0 Å². The van der Waals surface area contributed by atoms with Gasteiger partial charge in [0.2, 0.25) is 0 Å². The molecule has 0 fully saturated rings. The van der Waals surface area contributed by atoms with Gasteiger partial charge in [0.15, 0.2) is 16.1 Å². The predicted octanol–water partition coefficient (Wildman–Crippen LogP) is 1.96. The summed E-state index contributed by atoms with van der Waals surface area (Å²) < 4.78 is 13.5. The number of nitrogens with zero attached hydrogens (tertiary/aromatic N) is 4. The smallest absolute Gasteiger partial charge is 0.358 e. The van der Waals surface area contributed by atoms with Crippen LogP contribution < -0.4 is 0 Å². The fourth-order valence-electron chi connectivity index (χ4n) is 1.47. The van der Waals surface area contributed by atoms with Crippen molar-refractivity contribution in [2.45, 2.75) is 13.8 Å². The molecule has 0 amide bonds. The number of halogens is 1. The molecule has 0 aromatic carbocycles. The molecule has 0 N–H and O–H groups in total. The first-order valence-electron chi connectivity index (χ1n) is 6.90. The van der Waals surface area contributed by atoms with Crippen molar-refractivity contribution < 1.29 is 19.1 Å². The zero-order chi connectivity index (χ0) is 17.4. The molecule has 0 unspecified atom stereocenters. The highest BCUT2D eigenvalue weighted by Crippen LogP contribution is 2.08. The van der Waals surface area contributed by atoms with E-state index < -0.39 is 0 Å². The van der Waals surface area contributed by atoms with E-state index in [1.54, 1.807) is 55.8 Å². The number of hydrogen-bond acceptors (Lipinski definition) is 6. The van der Waals surface area contributed by atoms with Gasteiger partial charge in [0.1, 0.15) is 0 Å². The van der Waals surface area contributed by atoms with Gasteiger partial charge in [0.25, 0.3) is 0 Å². The van der Waals surface area contributed by atoms with E-state index in [0.29, 0.717) is 29.3 Å². The number of aromatic nitrogens is 4. The van der Waals surface area contributed by atoms with Crippen molar-refractivity contribution in [3.8, 4) is 0 Å². The first-order valence-corrected chi connectivity index (χ1v) is 7.69. The molecule has 0 spiro atoms. The Kier molecular flexibility index (Phi) is 7.46. The van der Waals surface area contributed by atoms with Crippen LogP contribution in [0.3, 0.4) is 0 Å². The zero-order valence-corrected chi connectivity index (χ0v) is 15.0.